The summed E-state index contributed by atoms with van der Waals surface area (Å²) in [6.45, 7) is 0.426. The van der Waals surface area contributed by atoms with Crippen LogP contribution in [0, 0.1) is 5.82 Å². The number of halogens is 2. The fourth-order valence-corrected chi connectivity index (χ4v) is 1.74. The Morgan fingerprint density at radius 2 is 2.28 bits per heavy atom. The van der Waals surface area contributed by atoms with Gasteiger partial charge in [0, 0.05) is 25.7 Å². The van der Waals surface area contributed by atoms with Crippen LogP contribution < -0.4 is 5.73 Å². The number of nitrogens with zero attached hydrogens (tertiary/aromatic N) is 1. The van der Waals surface area contributed by atoms with Gasteiger partial charge in [-0.2, -0.15) is 0 Å². The first-order chi connectivity index (χ1) is 8.45. The predicted octanol–water partition coefficient (Wildman–Crippen LogP) is 1.41. The number of carbonyl (C=O) groups is 1. The molecule has 4 nitrogen and oxygen atoms in total. The number of nitrogens with two attached hydrogens (primary N) is 1. The van der Waals surface area contributed by atoms with Crippen LogP contribution in [-0.2, 0) is 16.1 Å². The highest BCUT2D eigenvalue weighted by molar-refractivity contribution is 6.31. The largest absolute Gasteiger partial charge is 0.383 e. The topological polar surface area (TPSA) is 55.6 Å². The summed E-state index contributed by atoms with van der Waals surface area (Å²) in [7, 11) is 3.08. The number of amides is 1. The van der Waals surface area contributed by atoms with Crippen LogP contribution in [0.15, 0.2) is 18.2 Å². The standard InChI is InChI=1S/C12H16ClFN2O2/c1-16(12(17)11(15)7-18-2)6-8-3-4-9(14)5-10(8)13/h3-5,11H,6-7,15H2,1-2H3. The Bertz CT molecular complexity index is 429. The molecule has 0 aliphatic carbocycles. The van der Waals surface area contributed by atoms with Gasteiger partial charge in [0.2, 0.25) is 5.91 Å². The highest BCUT2D eigenvalue weighted by Crippen LogP contribution is 2.18. The average molecular weight is 275 g/mol. The van der Waals surface area contributed by atoms with Gasteiger partial charge in [0.1, 0.15) is 11.9 Å². The van der Waals surface area contributed by atoms with E-state index in [0.29, 0.717) is 5.56 Å². The minimum atomic E-state index is -0.709. The van der Waals surface area contributed by atoms with Crippen LogP contribution in [-0.4, -0.2) is 37.6 Å². The van der Waals surface area contributed by atoms with Crippen molar-refractivity contribution in [1.82, 2.24) is 4.90 Å². The van der Waals surface area contributed by atoms with E-state index >= 15 is 0 Å². The first-order valence-electron chi connectivity index (χ1n) is 5.39. The summed E-state index contributed by atoms with van der Waals surface area (Å²) in [5.41, 5.74) is 6.30. The van der Waals surface area contributed by atoms with Crippen LogP contribution in [0.1, 0.15) is 5.56 Å². The lowest BCUT2D eigenvalue weighted by molar-refractivity contribution is -0.132. The maximum atomic E-state index is 12.9. The molecule has 1 unspecified atom stereocenters. The molecule has 6 heteroatoms. The summed E-state index contributed by atoms with van der Waals surface area (Å²) < 4.78 is 17.7. The lowest BCUT2D eigenvalue weighted by Gasteiger charge is -2.21. The van der Waals surface area contributed by atoms with Crippen molar-refractivity contribution >= 4 is 17.5 Å². The number of ether oxygens (including phenoxy) is 1. The van der Waals surface area contributed by atoms with E-state index in [9.17, 15) is 9.18 Å². The van der Waals surface area contributed by atoms with Crippen molar-refractivity contribution in [2.75, 3.05) is 20.8 Å². The van der Waals surface area contributed by atoms with Gasteiger partial charge in [0.05, 0.1) is 6.61 Å². The number of rotatable bonds is 5. The van der Waals surface area contributed by atoms with Gasteiger partial charge in [-0.05, 0) is 17.7 Å². The summed E-state index contributed by atoms with van der Waals surface area (Å²) in [6, 6.07) is 3.35. The summed E-state index contributed by atoms with van der Waals surface area (Å²) in [6.07, 6.45) is 0. The Morgan fingerprint density at radius 3 is 2.83 bits per heavy atom. The third-order valence-electron chi connectivity index (χ3n) is 2.46. The Kier molecular flexibility index (Phi) is 5.53. The SMILES string of the molecule is COCC(N)C(=O)N(C)Cc1ccc(F)cc1Cl. The van der Waals surface area contributed by atoms with E-state index in [0.717, 1.165) is 0 Å². The number of carbonyl (C=O) groups excluding carboxylic acids is 1. The minimum Gasteiger partial charge on any atom is -0.383 e. The number of hydrogen-bond acceptors (Lipinski definition) is 3. The zero-order valence-electron chi connectivity index (χ0n) is 10.3. The highest BCUT2D eigenvalue weighted by atomic mass is 35.5. The number of benzene rings is 1. The third-order valence-corrected chi connectivity index (χ3v) is 2.81. The molecule has 18 heavy (non-hydrogen) atoms. The van der Waals surface area contributed by atoms with Crippen LogP contribution in [0.2, 0.25) is 5.02 Å². The summed E-state index contributed by atoms with van der Waals surface area (Å²) in [4.78, 5) is 13.3. The maximum absolute atomic E-state index is 12.9. The molecule has 2 N–H and O–H groups in total. The normalized spacial score (nSPS) is 12.3. The van der Waals surface area contributed by atoms with Gasteiger partial charge in [0.25, 0.3) is 0 Å². The van der Waals surface area contributed by atoms with Crippen LogP contribution >= 0.6 is 11.6 Å². The Hall–Kier alpha value is -1.17. The van der Waals surface area contributed by atoms with Gasteiger partial charge in [-0.1, -0.05) is 17.7 Å². The third kappa shape index (κ3) is 3.94. The highest BCUT2D eigenvalue weighted by Gasteiger charge is 2.18. The molecule has 0 bridgehead atoms. The molecule has 1 atom stereocenters. The molecule has 0 radical (unpaired) electrons. The monoisotopic (exact) mass is 274 g/mol. The quantitative estimate of drug-likeness (QED) is 0.883. The van der Waals surface area contributed by atoms with Crippen LogP contribution in [0.5, 0.6) is 0 Å². The van der Waals surface area contributed by atoms with Gasteiger partial charge < -0.3 is 15.4 Å². The molecule has 0 spiro atoms. The second kappa shape index (κ2) is 6.68. The van der Waals surface area contributed by atoms with Gasteiger partial charge in [0.15, 0.2) is 0 Å². The predicted molar refractivity (Wildman–Crippen MR) is 67.7 cm³/mol. The molecule has 0 aromatic heterocycles. The maximum Gasteiger partial charge on any atom is 0.241 e. The Morgan fingerprint density at radius 1 is 1.61 bits per heavy atom. The lowest BCUT2D eigenvalue weighted by Crippen LogP contribution is -2.44. The van der Waals surface area contributed by atoms with Gasteiger partial charge >= 0.3 is 0 Å². The van der Waals surface area contributed by atoms with Gasteiger partial charge in [-0.25, -0.2) is 4.39 Å². The van der Waals surface area contributed by atoms with Crippen molar-refractivity contribution in [3.05, 3.63) is 34.6 Å². The van der Waals surface area contributed by atoms with Crippen LogP contribution in [0.25, 0.3) is 0 Å². The first kappa shape index (κ1) is 14.9. The summed E-state index contributed by atoms with van der Waals surface area (Å²) in [5.74, 6) is -0.661. The minimum absolute atomic E-state index is 0.153. The van der Waals surface area contributed by atoms with Crippen molar-refractivity contribution in [1.29, 1.82) is 0 Å². The average Bonchev–Trinajstić information content (AvgIpc) is 2.32. The van der Waals surface area contributed by atoms with E-state index in [2.05, 4.69) is 0 Å². The smallest absolute Gasteiger partial charge is 0.241 e. The molecule has 0 aliphatic heterocycles. The molecule has 0 heterocycles. The molecule has 1 aromatic rings. The molecule has 0 aliphatic rings. The molecule has 100 valence electrons. The van der Waals surface area contributed by atoms with E-state index < -0.39 is 11.9 Å². The fraction of sp³-hybridized carbons (Fsp3) is 0.417. The van der Waals surface area contributed by atoms with E-state index in [-0.39, 0.29) is 24.1 Å². The molecule has 0 fully saturated rings. The summed E-state index contributed by atoms with van der Waals surface area (Å²) >= 11 is 5.89. The molecule has 1 rings (SSSR count). The van der Waals surface area contributed by atoms with Crippen molar-refractivity contribution < 1.29 is 13.9 Å². The zero-order valence-corrected chi connectivity index (χ0v) is 11.1. The Balaban J connectivity index is 2.69. The molecule has 1 amide bonds. The van der Waals surface area contributed by atoms with E-state index in [1.165, 1.54) is 24.1 Å². The van der Waals surface area contributed by atoms with E-state index in [1.54, 1.807) is 13.1 Å². The van der Waals surface area contributed by atoms with E-state index in [1.807, 2.05) is 0 Å². The second-order valence-electron chi connectivity index (χ2n) is 3.99. The molecular weight excluding hydrogens is 259 g/mol. The fourth-order valence-electron chi connectivity index (χ4n) is 1.52. The van der Waals surface area contributed by atoms with Crippen LogP contribution in [0.3, 0.4) is 0 Å². The zero-order chi connectivity index (χ0) is 13.7. The second-order valence-corrected chi connectivity index (χ2v) is 4.40. The van der Waals surface area contributed by atoms with Crippen molar-refractivity contribution in [3.8, 4) is 0 Å². The van der Waals surface area contributed by atoms with Gasteiger partial charge in [-0.3, -0.25) is 4.79 Å². The molecule has 0 saturated heterocycles. The molecule has 0 saturated carbocycles. The summed E-state index contributed by atoms with van der Waals surface area (Å²) in [5, 5.41) is 0.287. The number of methoxy groups -OCH3 is 1. The first-order valence-corrected chi connectivity index (χ1v) is 5.77. The number of likely N-dealkylation sites (N-methyl/N-ethyl adjacent to an activating group) is 1. The van der Waals surface area contributed by atoms with Gasteiger partial charge in [-0.15, -0.1) is 0 Å². The van der Waals surface area contributed by atoms with Crippen molar-refractivity contribution in [2.24, 2.45) is 5.73 Å². The van der Waals surface area contributed by atoms with Crippen molar-refractivity contribution in [3.63, 3.8) is 0 Å². The lowest BCUT2D eigenvalue weighted by atomic mass is 10.2. The van der Waals surface area contributed by atoms with Crippen LogP contribution in [0.4, 0.5) is 4.39 Å². The number of hydrogen-bond donors (Lipinski definition) is 1. The molecule has 1 aromatic carbocycles. The molecular formula is C12H16ClFN2O2. The van der Waals surface area contributed by atoms with Crippen molar-refractivity contribution in [2.45, 2.75) is 12.6 Å². The van der Waals surface area contributed by atoms with E-state index in [4.69, 9.17) is 22.1 Å². The Labute approximate surface area is 110 Å².